The summed E-state index contributed by atoms with van der Waals surface area (Å²) in [7, 11) is 0. The molecule has 0 saturated carbocycles. The van der Waals surface area contributed by atoms with Crippen molar-refractivity contribution >= 4 is 18.0 Å². The van der Waals surface area contributed by atoms with Gasteiger partial charge in [0.05, 0.1) is 17.4 Å². The first kappa shape index (κ1) is 24.7. The number of aliphatic carboxylic acids is 1. The summed E-state index contributed by atoms with van der Waals surface area (Å²) in [5.41, 5.74) is 3.57. The van der Waals surface area contributed by atoms with Crippen LogP contribution in [-0.4, -0.2) is 65.4 Å². The third-order valence-electron chi connectivity index (χ3n) is 7.33. The number of carbonyl (C=O) groups excluding carboxylic acids is 2. The standard InChI is InChI=1S/C27H32N2O6/c1-3-27(2,25(33)29-13-17(24(31)32)12-18(30)14-29)16-28-26(34)35-15-23-21-10-6-4-8-19(21)20-9-5-7-11-22(20)23/h4-11,17-18,23,30H,3,12-16H2,1-2H3,(H,28,34)(H,31,32). The molecule has 3 N–H and O–H groups in total. The van der Waals surface area contributed by atoms with Gasteiger partial charge in [-0.15, -0.1) is 0 Å². The molecule has 1 saturated heterocycles. The number of hydrogen-bond donors (Lipinski definition) is 3. The van der Waals surface area contributed by atoms with Crippen LogP contribution in [0, 0.1) is 11.3 Å². The monoisotopic (exact) mass is 480 g/mol. The minimum absolute atomic E-state index is 0.0450. The lowest BCUT2D eigenvalue weighted by molar-refractivity contribution is -0.152. The number of likely N-dealkylation sites (tertiary alicyclic amines) is 1. The zero-order chi connectivity index (χ0) is 25.2. The Bertz CT molecular complexity index is 1070. The topological polar surface area (TPSA) is 116 Å². The van der Waals surface area contributed by atoms with Crippen molar-refractivity contribution in [3.63, 3.8) is 0 Å². The Kier molecular flexibility index (Phi) is 7.12. The van der Waals surface area contributed by atoms with Crippen molar-refractivity contribution in [2.24, 2.45) is 11.3 Å². The van der Waals surface area contributed by atoms with E-state index in [2.05, 4.69) is 17.4 Å². The van der Waals surface area contributed by atoms with Crippen LogP contribution in [0.3, 0.4) is 0 Å². The smallest absolute Gasteiger partial charge is 0.407 e. The quantitative estimate of drug-likeness (QED) is 0.560. The number of amides is 2. The molecule has 3 atom stereocenters. The Labute approximate surface area is 204 Å². The van der Waals surface area contributed by atoms with Crippen LogP contribution in [0.4, 0.5) is 4.79 Å². The van der Waals surface area contributed by atoms with Crippen molar-refractivity contribution in [1.29, 1.82) is 0 Å². The molecule has 1 aliphatic heterocycles. The molecule has 0 radical (unpaired) electrons. The number of nitrogens with zero attached hydrogens (tertiary/aromatic N) is 1. The summed E-state index contributed by atoms with van der Waals surface area (Å²) >= 11 is 0. The summed E-state index contributed by atoms with van der Waals surface area (Å²) in [5.74, 6) is -2.19. The molecule has 186 valence electrons. The predicted molar refractivity (Wildman–Crippen MR) is 130 cm³/mol. The van der Waals surface area contributed by atoms with E-state index in [-0.39, 0.29) is 44.5 Å². The number of carboxylic acid groups (broad SMARTS) is 1. The fourth-order valence-corrected chi connectivity index (χ4v) is 5.07. The van der Waals surface area contributed by atoms with Gasteiger partial charge in [0, 0.05) is 25.6 Å². The molecule has 1 aliphatic carbocycles. The number of aliphatic hydroxyl groups is 1. The van der Waals surface area contributed by atoms with Gasteiger partial charge in [-0.3, -0.25) is 9.59 Å². The zero-order valence-corrected chi connectivity index (χ0v) is 20.1. The molecule has 2 aliphatic rings. The van der Waals surface area contributed by atoms with Gasteiger partial charge in [0.15, 0.2) is 0 Å². The molecular formula is C27H32N2O6. The largest absolute Gasteiger partial charge is 0.481 e. The number of nitrogens with one attached hydrogen (secondary N) is 1. The van der Waals surface area contributed by atoms with E-state index >= 15 is 0 Å². The number of alkyl carbamates (subject to hydrolysis) is 1. The third-order valence-corrected chi connectivity index (χ3v) is 7.33. The van der Waals surface area contributed by atoms with Crippen LogP contribution in [-0.2, 0) is 14.3 Å². The highest BCUT2D eigenvalue weighted by Gasteiger charge is 2.40. The third kappa shape index (κ3) is 5.03. The molecular weight excluding hydrogens is 448 g/mol. The summed E-state index contributed by atoms with van der Waals surface area (Å²) in [6, 6.07) is 16.2. The van der Waals surface area contributed by atoms with E-state index in [1.807, 2.05) is 43.3 Å². The lowest BCUT2D eigenvalue weighted by Crippen LogP contribution is -2.54. The maximum Gasteiger partial charge on any atom is 0.407 e. The summed E-state index contributed by atoms with van der Waals surface area (Å²) < 4.78 is 5.58. The number of carbonyl (C=O) groups is 3. The second-order valence-corrected chi connectivity index (χ2v) is 9.73. The van der Waals surface area contributed by atoms with Crippen LogP contribution in [0.25, 0.3) is 11.1 Å². The van der Waals surface area contributed by atoms with Crippen LogP contribution in [0.1, 0.15) is 43.7 Å². The molecule has 3 unspecified atom stereocenters. The average molecular weight is 481 g/mol. The molecule has 1 heterocycles. The summed E-state index contributed by atoms with van der Waals surface area (Å²) in [6.45, 7) is 3.93. The number of carboxylic acids is 1. The Morgan fingerprint density at radius 2 is 1.66 bits per heavy atom. The number of fused-ring (bicyclic) bond motifs is 3. The van der Waals surface area contributed by atoms with E-state index in [9.17, 15) is 24.6 Å². The van der Waals surface area contributed by atoms with Crippen LogP contribution in [0.5, 0.6) is 0 Å². The Morgan fingerprint density at radius 1 is 1.06 bits per heavy atom. The fourth-order valence-electron chi connectivity index (χ4n) is 5.07. The maximum absolute atomic E-state index is 13.2. The highest BCUT2D eigenvalue weighted by atomic mass is 16.5. The van der Waals surface area contributed by atoms with Gasteiger partial charge in [-0.25, -0.2) is 4.79 Å². The number of piperidine rings is 1. The molecule has 0 spiro atoms. The van der Waals surface area contributed by atoms with Crippen molar-refractivity contribution < 1.29 is 29.3 Å². The maximum atomic E-state index is 13.2. The van der Waals surface area contributed by atoms with E-state index in [0.717, 1.165) is 22.3 Å². The number of rotatable bonds is 7. The van der Waals surface area contributed by atoms with Crippen LogP contribution < -0.4 is 5.32 Å². The predicted octanol–water partition coefficient (Wildman–Crippen LogP) is 3.24. The minimum Gasteiger partial charge on any atom is -0.481 e. The van der Waals surface area contributed by atoms with E-state index < -0.39 is 29.5 Å². The first-order chi connectivity index (χ1) is 16.7. The minimum atomic E-state index is -1.03. The lowest BCUT2D eigenvalue weighted by Gasteiger charge is -2.39. The highest BCUT2D eigenvalue weighted by Crippen LogP contribution is 2.44. The van der Waals surface area contributed by atoms with Gasteiger partial charge < -0.3 is 25.2 Å². The van der Waals surface area contributed by atoms with Gasteiger partial charge in [-0.05, 0) is 42.0 Å². The van der Waals surface area contributed by atoms with Gasteiger partial charge in [-0.1, -0.05) is 55.5 Å². The molecule has 8 heteroatoms. The molecule has 0 bridgehead atoms. The van der Waals surface area contributed by atoms with Gasteiger partial charge in [-0.2, -0.15) is 0 Å². The van der Waals surface area contributed by atoms with E-state index in [1.54, 1.807) is 6.92 Å². The first-order valence-electron chi connectivity index (χ1n) is 12.0. The Hall–Kier alpha value is -3.39. The molecule has 0 aromatic heterocycles. The van der Waals surface area contributed by atoms with Crippen molar-refractivity contribution in [2.45, 2.75) is 38.7 Å². The van der Waals surface area contributed by atoms with Crippen LogP contribution >= 0.6 is 0 Å². The molecule has 35 heavy (non-hydrogen) atoms. The normalized spacial score (nSPS) is 20.9. The van der Waals surface area contributed by atoms with Gasteiger partial charge >= 0.3 is 12.1 Å². The number of ether oxygens (including phenoxy) is 1. The van der Waals surface area contributed by atoms with E-state index in [1.165, 1.54) is 4.90 Å². The van der Waals surface area contributed by atoms with Crippen molar-refractivity contribution in [2.75, 3.05) is 26.2 Å². The van der Waals surface area contributed by atoms with Gasteiger partial charge in [0.1, 0.15) is 6.61 Å². The highest BCUT2D eigenvalue weighted by molar-refractivity contribution is 5.84. The molecule has 1 fully saturated rings. The molecule has 2 aromatic rings. The number of aliphatic hydroxyl groups excluding tert-OH is 1. The molecule has 8 nitrogen and oxygen atoms in total. The van der Waals surface area contributed by atoms with Crippen LogP contribution in [0.2, 0.25) is 0 Å². The lowest BCUT2D eigenvalue weighted by atomic mass is 9.84. The fraction of sp³-hybridized carbons (Fsp3) is 0.444. The second-order valence-electron chi connectivity index (χ2n) is 9.73. The summed E-state index contributed by atoms with van der Waals surface area (Å²) in [6.07, 6.45) is -0.939. The molecule has 2 amide bonds. The van der Waals surface area contributed by atoms with Gasteiger partial charge in [0.2, 0.25) is 5.91 Å². The second kappa shape index (κ2) is 10.1. The Morgan fingerprint density at radius 3 is 2.23 bits per heavy atom. The molecule has 2 aromatic carbocycles. The SMILES string of the molecule is CCC(C)(CNC(=O)OCC1c2ccccc2-c2ccccc21)C(=O)N1CC(O)CC(C(=O)O)C1. The van der Waals surface area contributed by atoms with Crippen molar-refractivity contribution in [3.05, 3.63) is 59.7 Å². The number of hydrogen-bond acceptors (Lipinski definition) is 5. The van der Waals surface area contributed by atoms with E-state index in [0.29, 0.717) is 6.42 Å². The van der Waals surface area contributed by atoms with Crippen molar-refractivity contribution in [3.8, 4) is 11.1 Å². The summed E-state index contributed by atoms with van der Waals surface area (Å²) in [4.78, 5) is 38.7. The zero-order valence-electron chi connectivity index (χ0n) is 20.1. The first-order valence-corrected chi connectivity index (χ1v) is 12.0. The van der Waals surface area contributed by atoms with Crippen molar-refractivity contribution in [1.82, 2.24) is 10.2 Å². The summed E-state index contributed by atoms with van der Waals surface area (Å²) in [5, 5.41) is 22.1. The van der Waals surface area contributed by atoms with E-state index in [4.69, 9.17) is 4.74 Å². The van der Waals surface area contributed by atoms with Crippen LogP contribution in [0.15, 0.2) is 48.5 Å². The molecule has 4 rings (SSSR count). The number of benzene rings is 2. The Balaban J connectivity index is 1.37. The van der Waals surface area contributed by atoms with Gasteiger partial charge in [0.25, 0.3) is 0 Å². The number of β-amino-alcohol motifs (C(OH)–C–C–N with tert-alkyl or cyclic N) is 1. The average Bonchev–Trinajstić information content (AvgIpc) is 3.18.